The molecular weight excluding hydrogens is 431 g/mol. The molecule has 1 aliphatic rings. The van der Waals surface area contributed by atoms with E-state index in [0.717, 1.165) is 30.7 Å². The van der Waals surface area contributed by atoms with Crippen molar-refractivity contribution in [1.82, 2.24) is 5.32 Å². The fraction of sp³-hybridized carbons (Fsp3) is 0.556. The van der Waals surface area contributed by atoms with Crippen LogP contribution in [0.1, 0.15) is 39.5 Å². The van der Waals surface area contributed by atoms with Gasteiger partial charge in [-0.25, -0.2) is 0 Å². The number of carbonyl (C=O) groups excluding carboxylic acids is 1. The average molecular weight is 460 g/mol. The molecule has 2 rings (SSSR count). The number of rotatable bonds is 8. The molecule has 0 atom stereocenters. The number of guanidine groups is 1. The molecule has 1 amide bonds. The molecule has 0 bridgehead atoms. The maximum atomic E-state index is 11.7. The monoisotopic (exact) mass is 460 g/mol. The lowest BCUT2D eigenvalue weighted by Crippen LogP contribution is -2.35. The fourth-order valence-electron chi connectivity index (χ4n) is 2.38. The molecule has 0 radical (unpaired) electrons. The Balaban J connectivity index is 0.00000312. The first-order chi connectivity index (χ1) is 11.5. The number of nitrogens with two attached hydrogens (primary N) is 1. The number of carbonyl (C=O) groups is 1. The number of aliphatic imine (C=N–C) groups is 1. The molecule has 1 aliphatic carbocycles. The predicted molar refractivity (Wildman–Crippen MR) is 113 cm³/mol. The number of nitrogens with one attached hydrogen (secondary N) is 2. The summed E-state index contributed by atoms with van der Waals surface area (Å²) in [5.74, 6) is 1.62. The molecule has 0 aromatic heterocycles. The summed E-state index contributed by atoms with van der Waals surface area (Å²) in [6, 6.07) is 7.59. The minimum absolute atomic E-state index is 0. The third kappa shape index (κ3) is 7.94. The van der Waals surface area contributed by atoms with E-state index in [2.05, 4.69) is 15.6 Å². The second-order valence-corrected chi connectivity index (χ2v) is 6.36. The Labute approximate surface area is 167 Å². The zero-order valence-corrected chi connectivity index (χ0v) is 17.3. The van der Waals surface area contributed by atoms with Gasteiger partial charge in [0.05, 0.1) is 6.10 Å². The highest BCUT2D eigenvalue weighted by molar-refractivity contribution is 14.0. The van der Waals surface area contributed by atoms with E-state index in [4.69, 9.17) is 10.5 Å². The first-order valence-electron chi connectivity index (χ1n) is 8.66. The number of halogens is 1. The number of ether oxygens (including phenoxy) is 1. The molecule has 7 heteroatoms. The van der Waals surface area contributed by atoms with Crippen molar-refractivity contribution in [3.05, 3.63) is 24.3 Å². The molecule has 6 nitrogen and oxygen atoms in total. The van der Waals surface area contributed by atoms with Gasteiger partial charge in [0.25, 0.3) is 0 Å². The van der Waals surface area contributed by atoms with Crippen molar-refractivity contribution in [3.63, 3.8) is 0 Å². The van der Waals surface area contributed by atoms with Crippen LogP contribution in [0.2, 0.25) is 0 Å². The first-order valence-corrected chi connectivity index (χ1v) is 8.66. The van der Waals surface area contributed by atoms with Crippen LogP contribution in [0, 0.1) is 5.92 Å². The van der Waals surface area contributed by atoms with Gasteiger partial charge in [-0.1, -0.05) is 6.42 Å². The van der Waals surface area contributed by atoms with E-state index in [9.17, 15) is 4.79 Å². The van der Waals surface area contributed by atoms with Crippen LogP contribution in [0.15, 0.2) is 29.3 Å². The van der Waals surface area contributed by atoms with Gasteiger partial charge in [0.2, 0.25) is 5.91 Å². The molecular formula is C18H29IN4O2. The van der Waals surface area contributed by atoms with Crippen molar-refractivity contribution >= 4 is 41.5 Å². The van der Waals surface area contributed by atoms with Gasteiger partial charge >= 0.3 is 0 Å². The lowest BCUT2D eigenvalue weighted by atomic mass is 9.85. The Bertz CT molecular complexity index is 557. The van der Waals surface area contributed by atoms with Crippen LogP contribution in [0.25, 0.3) is 0 Å². The van der Waals surface area contributed by atoms with Crippen molar-refractivity contribution in [2.24, 2.45) is 16.6 Å². The molecule has 1 saturated carbocycles. The summed E-state index contributed by atoms with van der Waals surface area (Å²) in [6.45, 7) is 5.21. The molecule has 0 aliphatic heterocycles. The van der Waals surface area contributed by atoms with E-state index in [1.165, 1.54) is 6.42 Å². The molecule has 0 spiro atoms. The molecule has 1 aromatic rings. The molecule has 1 fully saturated rings. The Morgan fingerprint density at radius 1 is 1.32 bits per heavy atom. The molecule has 0 saturated heterocycles. The summed E-state index contributed by atoms with van der Waals surface area (Å²) >= 11 is 0. The van der Waals surface area contributed by atoms with Gasteiger partial charge < -0.3 is 21.1 Å². The second kappa shape index (κ2) is 11.2. The van der Waals surface area contributed by atoms with Gasteiger partial charge in [-0.05, 0) is 57.4 Å². The highest BCUT2D eigenvalue weighted by Crippen LogP contribution is 2.26. The average Bonchev–Trinajstić information content (AvgIpc) is 2.46. The molecule has 1 aromatic carbocycles. The number of nitrogens with zero attached hydrogens (tertiary/aromatic N) is 1. The van der Waals surface area contributed by atoms with Gasteiger partial charge in [0.1, 0.15) is 5.75 Å². The highest BCUT2D eigenvalue weighted by Gasteiger charge is 2.24. The van der Waals surface area contributed by atoms with Crippen molar-refractivity contribution in [1.29, 1.82) is 0 Å². The summed E-state index contributed by atoms with van der Waals surface area (Å²) in [4.78, 5) is 15.9. The van der Waals surface area contributed by atoms with Crippen molar-refractivity contribution in [3.8, 4) is 5.75 Å². The van der Waals surface area contributed by atoms with Crippen LogP contribution in [0.5, 0.6) is 5.75 Å². The van der Waals surface area contributed by atoms with Gasteiger partial charge in [-0.3, -0.25) is 9.79 Å². The molecule has 0 heterocycles. The summed E-state index contributed by atoms with van der Waals surface area (Å²) in [6.07, 6.45) is 4.17. The van der Waals surface area contributed by atoms with E-state index < -0.39 is 0 Å². The second-order valence-electron chi connectivity index (χ2n) is 6.36. The summed E-state index contributed by atoms with van der Waals surface area (Å²) < 4.78 is 5.59. The van der Waals surface area contributed by atoms with Crippen LogP contribution in [-0.4, -0.2) is 31.1 Å². The third-order valence-corrected chi connectivity index (χ3v) is 3.89. The van der Waals surface area contributed by atoms with Crippen molar-refractivity contribution < 1.29 is 9.53 Å². The Morgan fingerprint density at radius 3 is 2.56 bits per heavy atom. The standard InChI is InChI=1S/C18H28N4O2.HI/c1-13(2)24-16-9-7-15(8-10-16)22-18(19)21-12-4-11-20-17(23)14-5-3-6-14;/h7-10,13-14H,3-6,11-12H2,1-2H3,(H,20,23)(H3,19,21,22);1H. The Kier molecular flexibility index (Phi) is 9.62. The van der Waals surface area contributed by atoms with Gasteiger partial charge in [-0.15, -0.1) is 24.0 Å². The zero-order valence-electron chi connectivity index (χ0n) is 15.0. The molecule has 0 unspecified atom stereocenters. The minimum atomic E-state index is 0. The normalized spacial score (nSPS) is 14.4. The maximum Gasteiger partial charge on any atom is 0.223 e. The quantitative estimate of drug-likeness (QED) is 0.241. The van der Waals surface area contributed by atoms with Crippen LogP contribution >= 0.6 is 24.0 Å². The molecule has 140 valence electrons. The van der Waals surface area contributed by atoms with Gasteiger partial charge in [0, 0.05) is 24.7 Å². The van der Waals surface area contributed by atoms with Crippen LogP contribution < -0.4 is 21.1 Å². The molecule has 4 N–H and O–H groups in total. The van der Waals surface area contributed by atoms with E-state index in [1.807, 2.05) is 38.1 Å². The fourth-order valence-corrected chi connectivity index (χ4v) is 2.38. The molecule has 25 heavy (non-hydrogen) atoms. The van der Waals surface area contributed by atoms with Gasteiger partial charge in [-0.2, -0.15) is 0 Å². The van der Waals surface area contributed by atoms with E-state index >= 15 is 0 Å². The summed E-state index contributed by atoms with van der Waals surface area (Å²) in [5.41, 5.74) is 6.73. The maximum absolute atomic E-state index is 11.7. The SMILES string of the molecule is CC(C)Oc1ccc(NC(N)=NCCCNC(=O)C2CCC2)cc1.I. The van der Waals surface area contributed by atoms with Crippen molar-refractivity contribution in [2.75, 3.05) is 18.4 Å². The van der Waals surface area contributed by atoms with E-state index in [0.29, 0.717) is 19.0 Å². The topological polar surface area (TPSA) is 88.7 Å². The number of hydrogen-bond donors (Lipinski definition) is 3. The van der Waals surface area contributed by atoms with Gasteiger partial charge in [0.15, 0.2) is 5.96 Å². The third-order valence-electron chi connectivity index (χ3n) is 3.89. The van der Waals surface area contributed by atoms with Crippen LogP contribution in [0.4, 0.5) is 5.69 Å². The lowest BCUT2D eigenvalue weighted by Gasteiger charge is -2.23. The smallest absolute Gasteiger partial charge is 0.223 e. The van der Waals surface area contributed by atoms with Crippen molar-refractivity contribution in [2.45, 2.75) is 45.6 Å². The lowest BCUT2D eigenvalue weighted by molar-refractivity contribution is -0.127. The Morgan fingerprint density at radius 2 is 2.00 bits per heavy atom. The number of benzene rings is 1. The number of anilines is 1. The Hall–Kier alpha value is -1.51. The van der Waals surface area contributed by atoms with E-state index in [1.54, 1.807) is 0 Å². The number of hydrogen-bond acceptors (Lipinski definition) is 3. The van der Waals surface area contributed by atoms with Crippen LogP contribution in [-0.2, 0) is 4.79 Å². The van der Waals surface area contributed by atoms with Crippen LogP contribution in [0.3, 0.4) is 0 Å². The first kappa shape index (κ1) is 21.5. The highest BCUT2D eigenvalue weighted by atomic mass is 127. The summed E-state index contributed by atoms with van der Waals surface area (Å²) in [7, 11) is 0. The van der Waals surface area contributed by atoms with E-state index in [-0.39, 0.29) is 41.9 Å². The summed E-state index contributed by atoms with van der Waals surface area (Å²) in [5, 5.41) is 5.99. The minimum Gasteiger partial charge on any atom is -0.491 e. The predicted octanol–water partition coefficient (Wildman–Crippen LogP) is 3.12. The zero-order chi connectivity index (χ0) is 17.4. The number of amides is 1. The largest absolute Gasteiger partial charge is 0.491 e.